The van der Waals surface area contributed by atoms with Crippen LogP contribution >= 0.6 is 12.6 Å². The van der Waals surface area contributed by atoms with Gasteiger partial charge in [0.25, 0.3) is 0 Å². The molecule has 13 nitrogen and oxygen atoms in total. The number of thiol groups is 1. The molecule has 0 heterocycles. The third kappa shape index (κ3) is 10.3. The molecule has 4 unspecified atom stereocenters. The van der Waals surface area contributed by atoms with Crippen LogP contribution in [0.2, 0.25) is 0 Å². The minimum atomic E-state index is -1.45. The van der Waals surface area contributed by atoms with Gasteiger partial charge in [0.05, 0.1) is 12.5 Å². The topological polar surface area (TPSA) is 231 Å². The van der Waals surface area contributed by atoms with Gasteiger partial charge in [0.2, 0.25) is 23.6 Å². The van der Waals surface area contributed by atoms with Crippen LogP contribution in [0.15, 0.2) is 0 Å². The van der Waals surface area contributed by atoms with Gasteiger partial charge in [-0.3, -0.25) is 24.0 Å². The highest BCUT2D eigenvalue weighted by atomic mass is 32.1. The van der Waals surface area contributed by atoms with E-state index in [9.17, 15) is 28.8 Å². The summed E-state index contributed by atoms with van der Waals surface area (Å²) >= 11 is 3.93. The number of carboxylic acid groups (broad SMARTS) is 2. The van der Waals surface area contributed by atoms with Crippen molar-refractivity contribution in [3.8, 4) is 0 Å². The molecular formula is C15H25N5O8S. The van der Waals surface area contributed by atoms with Crippen LogP contribution in [-0.4, -0.2) is 75.7 Å². The zero-order chi connectivity index (χ0) is 22.7. The standard InChI is InChI=1S/C15H25N5O8S/c1-6(12(24)19-8(15(27)28)2-3-11(22)23)18-14(26)9(5-29)20-13(25)7(16)4-10(17)21/h6-9,29H,2-5,16H2,1H3,(H2,17,21)(H,18,26)(H,19,24)(H,20,25)(H,22,23)(H,27,28). The maximum atomic E-state index is 12.2. The second-order valence-electron chi connectivity index (χ2n) is 6.08. The summed E-state index contributed by atoms with van der Waals surface area (Å²) in [4.78, 5) is 68.6. The lowest BCUT2D eigenvalue weighted by atomic mass is 10.1. The molecule has 0 aliphatic carbocycles. The number of carboxylic acids is 2. The molecule has 14 heteroatoms. The Kier molecular flexibility index (Phi) is 11.3. The van der Waals surface area contributed by atoms with Crippen molar-refractivity contribution in [1.29, 1.82) is 0 Å². The van der Waals surface area contributed by atoms with E-state index >= 15 is 0 Å². The van der Waals surface area contributed by atoms with E-state index < -0.39 is 72.6 Å². The van der Waals surface area contributed by atoms with Gasteiger partial charge < -0.3 is 37.6 Å². The van der Waals surface area contributed by atoms with Crippen molar-refractivity contribution in [2.24, 2.45) is 11.5 Å². The Morgan fingerprint density at radius 3 is 1.93 bits per heavy atom. The Balaban J connectivity index is 4.82. The van der Waals surface area contributed by atoms with E-state index in [4.69, 9.17) is 21.7 Å². The minimum Gasteiger partial charge on any atom is -0.481 e. The van der Waals surface area contributed by atoms with Gasteiger partial charge in [-0.25, -0.2) is 4.79 Å². The third-order valence-corrected chi connectivity index (χ3v) is 3.95. The van der Waals surface area contributed by atoms with E-state index in [1.54, 1.807) is 0 Å². The minimum absolute atomic E-state index is 0.161. The van der Waals surface area contributed by atoms with Crippen LogP contribution in [0.5, 0.6) is 0 Å². The van der Waals surface area contributed by atoms with Crippen molar-refractivity contribution < 1.29 is 39.0 Å². The number of amides is 4. The summed E-state index contributed by atoms with van der Waals surface area (Å²) in [5.74, 6) is -6.12. The highest BCUT2D eigenvalue weighted by Gasteiger charge is 2.28. The van der Waals surface area contributed by atoms with Gasteiger partial charge in [-0.15, -0.1) is 0 Å². The molecule has 0 radical (unpaired) electrons. The normalized spacial score (nSPS) is 14.6. The first-order valence-electron chi connectivity index (χ1n) is 8.39. The number of hydrogen-bond acceptors (Lipinski definition) is 8. The molecule has 0 aromatic carbocycles. The van der Waals surface area contributed by atoms with E-state index in [1.165, 1.54) is 6.92 Å². The maximum Gasteiger partial charge on any atom is 0.326 e. The lowest BCUT2D eigenvalue weighted by molar-refractivity contribution is -0.143. The fraction of sp³-hybridized carbons (Fsp3) is 0.600. The van der Waals surface area contributed by atoms with Gasteiger partial charge in [-0.1, -0.05) is 0 Å². The van der Waals surface area contributed by atoms with Gasteiger partial charge in [0.15, 0.2) is 0 Å². The summed E-state index contributed by atoms with van der Waals surface area (Å²) in [5, 5.41) is 24.3. The summed E-state index contributed by atoms with van der Waals surface area (Å²) in [5.41, 5.74) is 10.4. The maximum absolute atomic E-state index is 12.2. The number of aliphatic carboxylic acids is 2. The van der Waals surface area contributed by atoms with Crippen molar-refractivity contribution >= 4 is 48.2 Å². The molecule has 0 fully saturated rings. The van der Waals surface area contributed by atoms with Crippen LogP contribution < -0.4 is 27.4 Å². The molecule has 0 bridgehead atoms. The van der Waals surface area contributed by atoms with Crippen LogP contribution in [0.3, 0.4) is 0 Å². The Hall–Kier alpha value is -2.87. The monoisotopic (exact) mass is 435 g/mol. The number of nitrogens with one attached hydrogen (secondary N) is 3. The quantitative estimate of drug-likeness (QED) is 0.134. The van der Waals surface area contributed by atoms with Gasteiger partial charge in [0, 0.05) is 12.2 Å². The molecule has 164 valence electrons. The van der Waals surface area contributed by atoms with E-state index in [0.29, 0.717) is 0 Å². The lowest BCUT2D eigenvalue weighted by Gasteiger charge is -2.22. The largest absolute Gasteiger partial charge is 0.481 e. The average molecular weight is 435 g/mol. The average Bonchev–Trinajstić information content (AvgIpc) is 2.61. The highest BCUT2D eigenvalue weighted by molar-refractivity contribution is 7.80. The fourth-order valence-corrected chi connectivity index (χ4v) is 2.24. The van der Waals surface area contributed by atoms with Crippen molar-refractivity contribution in [3.05, 3.63) is 0 Å². The summed E-state index contributed by atoms with van der Waals surface area (Å²) in [6.07, 6.45) is -1.25. The smallest absolute Gasteiger partial charge is 0.326 e. The third-order valence-electron chi connectivity index (χ3n) is 3.59. The molecule has 0 aromatic rings. The number of rotatable bonds is 13. The molecule has 4 amide bonds. The molecule has 0 rings (SSSR count). The SMILES string of the molecule is CC(NC(=O)C(CS)NC(=O)C(N)CC(N)=O)C(=O)NC(CCC(=O)O)C(=O)O. The summed E-state index contributed by atoms with van der Waals surface area (Å²) in [7, 11) is 0. The molecule has 0 spiro atoms. The van der Waals surface area contributed by atoms with Crippen molar-refractivity contribution in [2.75, 3.05) is 5.75 Å². The van der Waals surface area contributed by atoms with Gasteiger partial charge in [-0.05, 0) is 13.3 Å². The summed E-state index contributed by atoms with van der Waals surface area (Å²) in [6.45, 7) is 1.26. The molecule has 4 atom stereocenters. The predicted octanol–water partition coefficient (Wildman–Crippen LogP) is -3.46. The van der Waals surface area contributed by atoms with E-state index in [-0.39, 0.29) is 12.2 Å². The Morgan fingerprint density at radius 1 is 0.931 bits per heavy atom. The molecule has 0 aliphatic heterocycles. The Morgan fingerprint density at radius 2 is 1.48 bits per heavy atom. The Bertz CT molecular complexity index is 659. The molecule has 29 heavy (non-hydrogen) atoms. The molecular weight excluding hydrogens is 410 g/mol. The van der Waals surface area contributed by atoms with Crippen LogP contribution in [0, 0.1) is 0 Å². The van der Waals surface area contributed by atoms with Crippen LogP contribution in [0.1, 0.15) is 26.2 Å². The second kappa shape index (κ2) is 12.6. The molecule has 0 saturated heterocycles. The van der Waals surface area contributed by atoms with Gasteiger partial charge >= 0.3 is 11.9 Å². The number of nitrogens with two attached hydrogens (primary N) is 2. The fourth-order valence-electron chi connectivity index (χ4n) is 1.98. The molecule has 0 aliphatic rings. The zero-order valence-corrected chi connectivity index (χ0v) is 16.5. The lowest BCUT2D eigenvalue weighted by Crippen LogP contribution is -2.57. The van der Waals surface area contributed by atoms with Crippen molar-refractivity contribution in [1.82, 2.24) is 16.0 Å². The highest BCUT2D eigenvalue weighted by Crippen LogP contribution is 2.00. The van der Waals surface area contributed by atoms with E-state index in [2.05, 4.69) is 28.6 Å². The number of carbonyl (C=O) groups is 6. The summed E-state index contributed by atoms with van der Waals surface area (Å²) < 4.78 is 0. The van der Waals surface area contributed by atoms with E-state index in [0.717, 1.165) is 0 Å². The summed E-state index contributed by atoms with van der Waals surface area (Å²) in [6, 6.07) is -5.12. The van der Waals surface area contributed by atoms with Crippen molar-refractivity contribution in [2.45, 2.75) is 50.4 Å². The second-order valence-corrected chi connectivity index (χ2v) is 6.45. The number of primary amides is 1. The predicted molar refractivity (Wildman–Crippen MR) is 102 cm³/mol. The zero-order valence-electron chi connectivity index (χ0n) is 15.6. The first-order valence-corrected chi connectivity index (χ1v) is 9.02. The number of carbonyl (C=O) groups excluding carboxylic acids is 4. The van der Waals surface area contributed by atoms with Crippen LogP contribution in [0.4, 0.5) is 0 Å². The van der Waals surface area contributed by atoms with E-state index in [1.807, 2.05) is 0 Å². The van der Waals surface area contributed by atoms with Crippen molar-refractivity contribution in [3.63, 3.8) is 0 Å². The Labute approximate surface area is 171 Å². The first-order chi connectivity index (χ1) is 13.4. The van der Waals surface area contributed by atoms with Gasteiger partial charge in [-0.2, -0.15) is 12.6 Å². The van der Waals surface area contributed by atoms with Gasteiger partial charge in [0.1, 0.15) is 18.1 Å². The molecule has 9 N–H and O–H groups in total. The number of hydrogen-bond donors (Lipinski definition) is 8. The first kappa shape index (κ1) is 26.1. The molecule has 0 aromatic heterocycles. The molecule has 0 saturated carbocycles. The van der Waals surface area contributed by atoms with Crippen LogP contribution in [-0.2, 0) is 28.8 Å². The van der Waals surface area contributed by atoms with Crippen LogP contribution in [0.25, 0.3) is 0 Å².